The summed E-state index contributed by atoms with van der Waals surface area (Å²) in [6.07, 6.45) is 0. The minimum absolute atomic E-state index is 0.353. The van der Waals surface area contributed by atoms with Crippen LogP contribution in [0.1, 0.15) is 16.8 Å². The molecule has 0 saturated carbocycles. The average molecular weight is 435 g/mol. The molecule has 2 aromatic heterocycles. The van der Waals surface area contributed by atoms with Gasteiger partial charge in [0.05, 0.1) is 24.3 Å². The van der Waals surface area contributed by atoms with Crippen LogP contribution in [0.25, 0.3) is 27.8 Å². The first-order chi connectivity index (χ1) is 16.2. The summed E-state index contributed by atoms with van der Waals surface area (Å²) in [7, 11) is 1.63. The zero-order valence-electron chi connectivity index (χ0n) is 18.1. The number of methoxy groups -OCH3 is 1. The third-order valence-corrected chi connectivity index (χ3v) is 5.61. The molecule has 7 nitrogen and oxygen atoms in total. The highest BCUT2D eigenvalue weighted by molar-refractivity contribution is 5.94. The Morgan fingerprint density at radius 3 is 2.70 bits per heavy atom. The molecule has 0 aliphatic rings. The highest BCUT2D eigenvalue weighted by Crippen LogP contribution is 2.31. The van der Waals surface area contributed by atoms with Crippen LogP contribution >= 0.6 is 0 Å². The van der Waals surface area contributed by atoms with E-state index in [-0.39, 0.29) is 0 Å². The summed E-state index contributed by atoms with van der Waals surface area (Å²) in [6.45, 7) is 0.861. The van der Waals surface area contributed by atoms with Crippen LogP contribution in [0.5, 0.6) is 5.75 Å². The summed E-state index contributed by atoms with van der Waals surface area (Å²) < 4.78 is 7.59. The Kier molecular flexibility index (Phi) is 5.35. The number of aromatic nitrogens is 3. The predicted octanol–water partition coefficient (Wildman–Crippen LogP) is 4.52. The fraction of sp³-hybridized carbons (Fsp3) is 0.115. The van der Waals surface area contributed by atoms with Crippen molar-refractivity contribution in [2.24, 2.45) is 5.73 Å². The number of nitriles is 1. The largest absolute Gasteiger partial charge is 0.494 e. The molecule has 0 bridgehead atoms. The number of fused-ring (bicyclic) bond motifs is 2. The number of benzene rings is 3. The second-order valence-corrected chi connectivity index (χ2v) is 7.63. The summed E-state index contributed by atoms with van der Waals surface area (Å²) in [6, 6.07) is 25.6. The number of anilines is 1. The van der Waals surface area contributed by atoms with Crippen molar-refractivity contribution in [3.8, 4) is 17.8 Å². The van der Waals surface area contributed by atoms with Crippen LogP contribution in [0.15, 0.2) is 72.8 Å². The lowest BCUT2D eigenvalue weighted by Crippen LogP contribution is -2.11. The van der Waals surface area contributed by atoms with Gasteiger partial charge in [0.1, 0.15) is 17.1 Å². The maximum absolute atomic E-state index is 9.21. The lowest BCUT2D eigenvalue weighted by Gasteiger charge is -2.15. The molecule has 5 rings (SSSR count). The SMILES string of the molecule is COc1cccc2c(NCc3cccc(C#N)c3)nc(-n3c(CN)cc4ccccc43)nc12. The van der Waals surface area contributed by atoms with Gasteiger partial charge in [0, 0.05) is 29.6 Å². The molecule has 0 aliphatic heterocycles. The van der Waals surface area contributed by atoms with E-state index in [1.165, 1.54) is 0 Å². The lowest BCUT2D eigenvalue weighted by atomic mass is 10.1. The normalized spacial score (nSPS) is 10.9. The summed E-state index contributed by atoms with van der Waals surface area (Å²) in [5.74, 6) is 1.86. The summed E-state index contributed by atoms with van der Waals surface area (Å²) in [4.78, 5) is 9.78. The van der Waals surface area contributed by atoms with Gasteiger partial charge in [0.25, 0.3) is 0 Å². The van der Waals surface area contributed by atoms with Crippen molar-refractivity contribution in [3.63, 3.8) is 0 Å². The van der Waals surface area contributed by atoms with Crippen molar-refractivity contribution in [2.75, 3.05) is 12.4 Å². The van der Waals surface area contributed by atoms with Gasteiger partial charge >= 0.3 is 0 Å². The molecule has 0 amide bonds. The van der Waals surface area contributed by atoms with Crippen molar-refractivity contribution in [2.45, 2.75) is 13.1 Å². The third kappa shape index (κ3) is 3.73. The molecule has 0 unspecified atom stereocenters. The monoisotopic (exact) mass is 434 g/mol. The minimum atomic E-state index is 0.353. The number of ether oxygens (including phenoxy) is 1. The Labute approximate surface area is 191 Å². The Morgan fingerprint density at radius 2 is 1.88 bits per heavy atom. The number of nitrogens with zero attached hydrogens (tertiary/aromatic N) is 4. The van der Waals surface area contributed by atoms with Gasteiger partial charge in [-0.15, -0.1) is 0 Å². The van der Waals surface area contributed by atoms with Gasteiger partial charge in [0.2, 0.25) is 5.95 Å². The Balaban J connectivity index is 1.68. The number of nitrogens with one attached hydrogen (secondary N) is 1. The molecule has 0 spiro atoms. The van der Waals surface area contributed by atoms with Gasteiger partial charge in [-0.1, -0.05) is 36.4 Å². The van der Waals surface area contributed by atoms with Gasteiger partial charge < -0.3 is 15.8 Å². The molecule has 0 atom stereocenters. The second-order valence-electron chi connectivity index (χ2n) is 7.63. The number of hydrogen-bond donors (Lipinski definition) is 2. The quantitative estimate of drug-likeness (QED) is 0.407. The fourth-order valence-electron chi connectivity index (χ4n) is 4.05. The Hall–Kier alpha value is -4.41. The molecule has 3 aromatic carbocycles. The first-order valence-electron chi connectivity index (χ1n) is 10.6. The first-order valence-corrected chi connectivity index (χ1v) is 10.6. The van der Waals surface area contributed by atoms with Crippen LogP contribution in [-0.4, -0.2) is 21.6 Å². The lowest BCUT2D eigenvalue weighted by molar-refractivity contribution is 0.419. The van der Waals surface area contributed by atoms with E-state index in [9.17, 15) is 5.26 Å². The van der Waals surface area contributed by atoms with Crippen LogP contribution in [0.3, 0.4) is 0 Å². The zero-order valence-corrected chi connectivity index (χ0v) is 18.1. The van der Waals surface area contributed by atoms with Crippen molar-refractivity contribution in [3.05, 3.63) is 89.6 Å². The molecule has 0 radical (unpaired) electrons. The van der Waals surface area contributed by atoms with Gasteiger partial charge in [-0.25, -0.2) is 4.98 Å². The topological polar surface area (TPSA) is 102 Å². The molecule has 0 saturated heterocycles. The molecule has 3 N–H and O–H groups in total. The molecule has 0 aliphatic carbocycles. The van der Waals surface area contributed by atoms with Crippen molar-refractivity contribution in [1.29, 1.82) is 5.26 Å². The highest BCUT2D eigenvalue weighted by Gasteiger charge is 2.17. The Bertz CT molecular complexity index is 1520. The molecular formula is C26H22N6O. The van der Waals surface area contributed by atoms with Gasteiger partial charge in [-0.2, -0.15) is 10.2 Å². The van der Waals surface area contributed by atoms with Crippen LogP contribution in [0.2, 0.25) is 0 Å². The average Bonchev–Trinajstić information content (AvgIpc) is 3.25. The van der Waals surface area contributed by atoms with Crippen molar-refractivity contribution < 1.29 is 4.74 Å². The summed E-state index contributed by atoms with van der Waals surface area (Å²) in [5, 5.41) is 14.6. The number of nitrogens with two attached hydrogens (primary N) is 1. The first kappa shape index (κ1) is 20.5. The van der Waals surface area contributed by atoms with Crippen molar-refractivity contribution in [1.82, 2.24) is 14.5 Å². The van der Waals surface area contributed by atoms with Crippen LogP contribution in [0.4, 0.5) is 5.82 Å². The minimum Gasteiger partial charge on any atom is -0.494 e. The molecule has 5 aromatic rings. The van der Waals surface area contributed by atoms with Crippen LogP contribution in [-0.2, 0) is 13.1 Å². The number of para-hydroxylation sites is 2. The highest BCUT2D eigenvalue weighted by atomic mass is 16.5. The molecule has 2 heterocycles. The predicted molar refractivity (Wildman–Crippen MR) is 129 cm³/mol. The Morgan fingerprint density at radius 1 is 1.03 bits per heavy atom. The molecular weight excluding hydrogens is 412 g/mol. The summed E-state index contributed by atoms with van der Waals surface area (Å²) >= 11 is 0. The number of rotatable bonds is 6. The van der Waals surface area contributed by atoms with Crippen LogP contribution < -0.4 is 15.8 Å². The standard InChI is InChI=1S/C26H22N6O/c1-33-23-11-5-9-21-24(23)30-26(32-20(15-28)13-19-8-2-3-10-22(19)32)31-25(21)29-16-18-7-4-6-17(12-18)14-27/h2-13H,15-16,28H2,1H3,(H,29,30,31). The molecule has 162 valence electrons. The third-order valence-electron chi connectivity index (χ3n) is 5.61. The van der Waals surface area contributed by atoms with E-state index in [1.807, 2.05) is 65.2 Å². The zero-order chi connectivity index (χ0) is 22.8. The van der Waals surface area contributed by atoms with Gasteiger partial charge in [-0.05, 0) is 42.0 Å². The van der Waals surface area contributed by atoms with E-state index in [0.717, 1.165) is 27.5 Å². The molecule has 33 heavy (non-hydrogen) atoms. The number of hydrogen-bond acceptors (Lipinski definition) is 6. The van der Waals surface area contributed by atoms with Crippen molar-refractivity contribution >= 4 is 27.6 Å². The van der Waals surface area contributed by atoms with E-state index in [2.05, 4.69) is 17.5 Å². The second kappa shape index (κ2) is 8.61. The van der Waals surface area contributed by atoms with Gasteiger partial charge in [0.15, 0.2) is 0 Å². The van der Waals surface area contributed by atoms with E-state index < -0.39 is 0 Å². The summed E-state index contributed by atoms with van der Waals surface area (Å²) in [5.41, 5.74) is 10.3. The molecule has 0 fully saturated rings. The maximum atomic E-state index is 9.21. The maximum Gasteiger partial charge on any atom is 0.237 e. The van der Waals surface area contributed by atoms with E-state index in [1.54, 1.807) is 13.2 Å². The van der Waals surface area contributed by atoms with E-state index in [4.69, 9.17) is 20.4 Å². The van der Waals surface area contributed by atoms with Crippen LogP contribution in [0, 0.1) is 11.3 Å². The fourth-order valence-corrected chi connectivity index (χ4v) is 4.05. The smallest absolute Gasteiger partial charge is 0.237 e. The molecule has 7 heteroatoms. The van der Waals surface area contributed by atoms with E-state index >= 15 is 0 Å². The van der Waals surface area contributed by atoms with E-state index in [0.29, 0.717) is 41.7 Å². The van der Waals surface area contributed by atoms with Gasteiger partial charge in [-0.3, -0.25) is 4.57 Å².